The molecular weight excluding hydrogens is 427 g/mol. The number of aliphatic hydroxyl groups is 1. The first-order chi connectivity index (χ1) is 10.2. The molecule has 0 aliphatic rings. The Morgan fingerprint density at radius 3 is 2.77 bits per heavy atom. The molecule has 22 heavy (non-hydrogen) atoms. The van der Waals surface area contributed by atoms with Crippen molar-refractivity contribution >= 4 is 46.6 Å². The van der Waals surface area contributed by atoms with Gasteiger partial charge in [0.1, 0.15) is 22.0 Å². The third-order valence-electron chi connectivity index (χ3n) is 2.61. The molecule has 1 unspecified atom stereocenters. The van der Waals surface area contributed by atoms with Gasteiger partial charge in [-0.15, -0.1) is 0 Å². The van der Waals surface area contributed by atoms with Crippen molar-refractivity contribution in [3.05, 3.63) is 27.8 Å². The third kappa shape index (κ3) is 4.46. The highest BCUT2D eigenvalue weighted by Gasteiger charge is 2.28. The molecule has 0 bridgehead atoms. The molecule has 0 aliphatic heterocycles. The minimum Gasteiger partial charge on any atom is -0.491 e. The topological polar surface area (TPSA) is 120 Å². The van der Waals surface area contributed by atoms with Gasteiger partial charge >= 0.3 is 6.09 Å². The predicted octanol–water partition coefficient (Wildman–Crippen LogP) is 2.27. The molecule has 7 nitrogen and oxygen atoms in total. The molecule has 118 valence electrons. The van der Waals surface area contributed by atoms with Gasteiger partial charge in [0.05, 0.1) is 22.7 Å². The lowest BCUT2D eigenvalue weighted by Gasteiger charge is -2.22. The second-order valence-electron chi connectivity index (χ2n) is 4.29. The van der Waals surface area contributed by atoms with E-state index in [0.29, 0.717) is 6.29 Å². The Bertz CT molecular complexity index is 637. The SMILES string of the molecule is CC(O)(I)c1cc(Cl)c(C#N)c(C=O)c1OCCNC(=O)O. The Morgan fingerprint density at radius 1 is 1.68 bits per heavy atom. The van der Waals surface area contributed by atoms with E-state index in [4.69, 9.17) is 26.7 Å². The molecule has 0 radical (unpaired) electrons. The molecule has 3 N–H and O–H groups in total. The zero-order chi connectivity index (χ0) is 16.9. The summed E-state index contributed by atoms with van der Waals surface area (Å²) in [6.45, 7) is 1.35. The van der Waals surface area contributed by atoms with Crippen LogP contribution < -0.4 is 10.1 Å². The van der Waals surface area contributed by atoms with Crippen LogP contribution in [-0.2, 0) is 3.61 Å². The van der Waals surface area contributed by atoms with Gasteiger partial charge in [0.15, 0.2) is 6.29 Å². The molecule has 0 saturated heterocycles. The number of carboxylic acid groups (broad SMARTS) is 1. The second-order valence-corrected chi connectivity index (χ2v) is 6.79. The number of ether oxygens (including phenoxy) is 1. The van der Waals surface area contributed by atoms with E-state index in [1.807, 2.05) is 0 Å². The number of aldehydes is 1. The van der Waals surface area contributed by atoms with Gasteiger partial charge in [-0.25, -0.2) is 4.79 Å². The van der Waals surface area contributed by atoms with Crippen molar-refractivity contribution in [2.45, 2.75) is 10.5 Å². The van der Waals surface area contributed by atoms with E-state index >= 15 is 0 Å². The van der Waals surface area contributed by atoms with Crippen molar-refractivity contribution in [3.63, 3.8) is 0 Å². The van der Waals surface area contributed by atoms with E-state index in [1.165, 1.54) is 13.0 Å². The normalized spacial score (nSPS) is 12.9. The van der Waals surface area contributed by atoms with Gasteiger partial charge in [-0.2, -0.15) is 5.26 Å². The number of amides is 1. The number of benzene rings is 1. The summed E-state index contributed by atoms with van der Waals surface area (Å²) >= 11 is 7.67. The van der Waals surface area contributed by atoms with E-state index < -0.39 is 9.70 Å². The molecule has 0 saturated carbocycles. The Labute approximate surface area is 145 Å². The van der Waals surface area contributed by atoms with Crippen molar-refractivity contribution in [2.24, 2.45) is 0 Å². The standard InChI is InChI=1S/C13H12ClIN2O5/c1-13(15,21)9-4-10(14)7(5-16)8(6-18)11(9)22-3-2-17-12(19)20/h4,6,17,21H,2-3H2,1H3,(H,19,20). The molecule has 0 aromatic heterocycles. The highest BCUT2D eigenvalue weighted by molar-refractivity contribution is 14.1. The quantitative estimate of drug-likeness (QED) is 0.271. The van der Waals surface area contributed by atoms with Gasteiger partial charge in [-0.3, -0.25) is 4.79 Å². The summed E-state index contributed by atoms with van der Waals surface area (Å²) < 4.78 is 4.00. The van der Waals surface area contributed by atoms with Crippen LogP contribution in [0.4, 0.5) is 4.79 Å². The second kappa shape index (κ2) is 7.62. The van der Waals surface area contributed by atoms with E-state index in [9.17, 15) is 14.7 Å². The zero-order valence-electron chi connectivity index (χ0n) is 11.4. The van der Waals surface area contributed by atoms with Crippen LogP contribution >= 0.6 is 34.2 Å². The summed E-state index contributed by atoms with van der Waals surface area (Å²) in [5.41, 5.74) is 0.0639. The van der Waals surface area contributed by atoms with Crippen LogP contribution in [0.1, 0.15) is 28.4 Å². The lowest BCUT2D eigenvalue weighted by Crippen LogP contribution is -2.27. The largest absolute Gasteiger partial charge is 0.491 e. The van der Waals surface area contributed by atoms with Gasteiger partial charge in [-0.1, -0.05) is 11.6 Å². The maximum absolute atomic E-state index is 11.3. The van der Waals surface area contributed by atoms with Gasteiger partial charge < -0.3 is 20.3 Å². The fourth-order valence-electron chi connectivity index (χ4n) is 1.68. The Hall–Kier alpha value is -1.57. The molecule has 1 rings (SSSR count). The minimum atomic E-state index is -1.40. The predicted molar refractivity (Wildman–Crippen MR) is 86.7 cm³/mol. The number of halogens is 2. The van der Waals surface area contributed by atoms with E-state index in [0.717, 1.165) is 0 Å². The maximum atomic E-state index is 11.3. The highest BCUT2D eigenvalue weighted by atomic mass is 127. The van der Waals surface area contributed by atoms with Gasteiger partial charge in [0.2, 0.25) is 0 Å². The molecular formula is C13H12ClIN2O5. The summed E-state index contributed by atoms with van der Waals surface area (Å²) in [6.07, 6.45) is -0.801. The van der Waals surface area contributed by atoms with Crippen LogP contribution in [0.15, 0.2) is 6.07 Å². The fourth-order valence-corrected chi connectivity index (χ4v) is 2.34. The fraction of sp³-hybridized carbons (Fsp3) is 0.308. The molecule has 0 fully saturated rings. The minimum absolute atomic E-state index is 0.00235. The van der Waals surface area contributed by atoms with Gasteiger partial charge in [-0.05, 0) is 35.6 Å². The number of nitrogens with zero attached hydrogens (tertiary/aromatic N) is 1. The summed E-state index contributed by atoms with van der Waals surface area (Å²) in [5, 5.41) is 29.9. The Morgan fingerprint density at radius 2 is 2.32 bits per heavy atom. The van der Waals surface area contributed by atoms with Crippen LogP contribution in [0.25, 0.3) is 0 Å². The van der Waals surface area contributed by atoms with Crippen LogP contribution in [0.3, 0.4) is 0 Å². The molecule has 0 spiro atoms. The lowest BCUT2D eigenvalue weighted by molar-refractivity contribution is 0.111. The number of carbonyl (C=O) groups excluding carboxylic acids is 1. The smallest absolute Gasteiger partial charge is 0.404 e. The van der Waals surface area contributed by atoms with Crippen molar-refractivity contribution in [3.8, 4) is 11.8 Å². The molecule has 9 heteroatoms. The average Bonchev–Trinajstić information content (AvgIpc) is 2.42. The molecule has 1 aromatic carbocycles. The number of carbonyl (C=O) groups is 2. The molecule has 1 atom stereocenters. The first kappa shape index (κ1) is 18.5. The Kier molecular flexibility index (Phi) is 6.40. The maximum Gasteiger partial charge on any atom is 0.404 e. The number of alkyl halides is 1. The van der Waals surface area contributed by atoms with Crippen molar-refractivity contribution in [1.29, 1.82) is 5.26 Å². The van der Waals surface area contributed by atoms with E-state index in [2.05, 4.69) is 5.32 Å². The van der Waals surface area contributed by atoms with E-state index in [1.54, 1.807) is 28.7 Å². The van der Waals surface area contributed by atoms with Gasteiger partial charge in [0.25, 0.3) is 0 Å². The number of nitriles is 1. The van der Waals surface area contributed by atoms with Crippen molar-refractivity contribution in [2.75, 3.05) is 13.2 Å². The summed E-state index contributed by atoms with van der Waals surface area (Å²) in [5.74, 6) is 0.00235. The zero-order valence-corrected chi connectivity index (χ0v) is 14.3. The number of rotatable bonds is 6. The average molecular weight is 439 g/mol. The summed E-state index contributed by atoms with van der Waals surface area (Å²) in [7, 11) is 0. The monoisotopic (exact) mass is 438 g/mol. The Balaban J connectivity index is 3.28. The summed E-state index contributed by atoms with van der Waals surface area (Å²) in [6, 6.07) is 3.15. The lowest BCUT2D eigenvalue weighted by atomic mass is 10.0. The van der Waals surface area contributed by atoms with Gasteiger partial charge in [0, 0.05) is 5.56 Å². The first-order valence-electron chi connectivity index (χ1n) is 5.95. The van der Waals surface area contributed by atoms with Crippen molar-refractivity contribution in [1.82, 2.24) is 5.32 Å². The molecule has 0 heterocycles. The number of hydrogen-bond donors (Lipinski definition) is 3. The van der Waals surface area contributed by atoms with Crippen LogP contribution in [0.2, 0.25) is 5.02 Å². The van der Waals surface area contributed by atoms with Crippen LogP contribution in [-0.4, -0.2) is 35.7 Å². The third-order valence-corrected chi connectivity index (χ3v) is 3.49. The van der Waals surface area contributed by atoms with Crippen LogP contribution in [0, 0.1) is 11.3 Å². The summed E-state index contributed by atoms with van der Waals surface area (Å²) in [4.78, 5) is 21.7. The first-order valence-corrected chi connectivity index (χ1v) is 7.41. The highest BCUT2D eigenvalue weighted by Crippen LogP contribution is 2.40. The molecule has 0 aliphatic carbocycles. The van der Waals surface area contributed by atoms with Crippen LogP contribution in [0.5, 0.6) is 5.75 Å². The molecule has 1 amide bonds. The van der Waals surface area contributed by atoms with E-state index in [-0.39, 0.29) is 40.6 Å². The van der Waals surface area contributed by atoms with Crippen molar-refractivity contribution < 1.29 is 24.5 Å². The molecule has 1 aromatic rings. The number of nitrogens with one attached hydrogen (secondary N) is 1. The number of hydrogen-bond acceptors (Lipinski definition) is 5.